The number of hydrogen-bond acceptors (Lipinski definition) is 35. The molecular formula is C81H90BrCl2IN8O27S2. The second-order valence-corrected chi connectivity index (χ2v) is 32.3. The third kappa shape index (κ3) is 25.8. The number of aromatic hydroxyl groups is 1. The van der Waals surface area contributed by atoms with Crippen molar-refractivity contribution in [1.82, 2.24) is 20.4 Å². The highest BCUT2D eigenvalue weighted by molar-refractivity contribution is 14.0. The minimum Gasteiger partial charge on any atom is -0.502 e. The fraction of sp³-hybridized carbons (Fsp3) is 0.432. The molecule has 6 aliphatic heterocycles. The van der Waals surface area contributed by atoms with Crippen molar-refractivity contribution in [1.29, 1.82) is 0 Å². The summed E-state index contributed by atoms with van der Waals surface area (Å²) in [5.41, 5.74) is 16.9. The van der Waals surface area contributed by atoms with Crippen molar-refractivity contribution in [2.45, 2.75) is 113 Å². The summed E-state index contributed by atoms with van der Waals surface area (Å²) in [6, 6.07) is 24.9. The number of fused-ring (bicyclic) bond motifs is 4. The second-order valence-electron chi connectivity index (χ2n) is 28.1. The number of anilines is 2. The van der Waals surface area contributed by atoms with Gasteiger partial charge in [0, 0.05) is 86.2 Å². The summed E-state index contributed by atoms with van der Waals surface area (Å²) >= 11 is 18.9. The summed E-state index contributed by atoms with van der Waals surface area (Å²) in [6.45, 7) is 7.56. The number of phenols is 1. The van der Waals surface area contributed by atoms with Crippen LogP contribution in [0.5, 0.6) is 28.7 Å². The first-order valence-electron chi connectivity index (χ1n) is 38.2. The first kappa shape index (κ1) is 94.8. The summed E-state index contributed by atoms with van der Waals surface area (Å²) in [4.78, 5) is 85.7. The molecule has 41 heteroatoms. The van der Waals surface area contributed by atoms with Crippen molar-refractivity contribution in [3.8, 4) is 40.0 Å². The Morgan fingerprint density at radius 1 is 0.566 bits per heavy atom. The molecule has 8 aliphatic rings. The molecule has 0 radical (unpaired) electrons. The number of aliphatic hydroxyl groups excluding tert-OH is 1. The van der Waals surface area contributed by atoms with Crippen LogP contribution in [0.3, 0.4) is 0 Å². The van der Waals surface area contributed by atoms with E-state index in [2.05, 4.69) is 50.6 Å². The predicted molar refractivity (Wildman–Crippen MR) is 460 cm³/mol. The van der Waals surface area contributed by atoms with Gasteiger partial charge >= 0.3 is 41.2 Å². The van der Waals surface area contributed by atoms with E-state index in [1.807, 2.05) is 18.2 Å². The van der Waals surface area contributed by atoms with Gasteiger partial charge in [-0.25, -0.2) is 33.9 Å². The number of nitro groups is 2. The number of phenolic OH excluding ortho intramolecular Hbond substituents is 1. The SMILES string of the molecule is COC(=O)c1cc(O[C@H]2CCOC2)c2nc(Br)sc2c1.COC(=O)c1cc(O[C@H]2CCOC2)c2nc(N)sc2c1.COC(=O)c1ccc(N)c(O[C@H]2CCOC2)c1.COC(=O)c1ccc([N+](=O)[O-])c(O)c1.COC(=O)c1ccc([N+](=O)[O-])c(O[C@H]2CCOC2)c1.Clc1cccc(Cl)c1-c1noc(C2CC2)c1CO[C@@H]1C[C@@H]2C[C@H]1CN2.I.O[C@@H]1CCOC1. The van der Waals surface area contributed by atoms with Gasteiger partial charge in [-0.1, -0.05) is 45.8 Å². The number of benzene rings is 6. The van der Waals surface area contributed by atoms with Crippen LogP contribution < -0.4 is 35.7 Å². The molecule has 6 aromatic carbocycles. The number of carbonyl (C=O) groups excluding carboxylic acids is 5. The molecule has 8 fully saturated rings. The van der Waals surface area contributed by atoms with Gasteiger partial charge in [-0.3, -0.25) is 20.2 Å². The van der Waals surface area contributed by atoms with Crippen LogP contribution >= 0.6 is 85.8 Å². The third-order valence-corrected chi connectivity index (χ3v) is 22.6. The van der Waals surface area contributed by atoms with Gasteiger partial charge in [0.05, 0.1) is 177 Å². The number of nitrogens with one attached hydrogen (secondary N) is 1. The topological polar surface area (TPSA) is 466 Å². The van der Waals surface area contributed by atoms with Crippen molar-refractivity contribution in [3.05, 3.63) is 170 Å². The monoisotopic (exact) mass is 1950 g/mol. The fourth-order valence-corrected chi connectivity index (χ4v) is 16.2. The average Bonchev–Trinajstić information content (AvgIpc) is 1.62. The quantitative estimate of drug-likeness (QED) is 0.0118. The van der Waals surface area contributed by atoms with Crippen molar-refractivity contribution in [2.24, 2.45) is 5.92 Å². The number of nitrogens with zero attached hydrogens (tertiary/aromatic N) is 5. The molecule has 8 atom stereocenters. The number of nitro benzene ring substituents is 2. The van der Waals surface area contributed by atoms with Gasteiger partial charge in [-0.15, -0.1) is 35.3 Å². The molecule has 35 nitrogen and oxygen atoms in total. The minimum atomic E-state index is -0.740. The first-order valence-corrected chi connectivity index (χ1v) is 41.4. The van der Waals surface area contributed by atoms with E-state index in [1.54, 1.807) is 42.5 Å². The normalized spacial score (nSPS) is 20.0. The maximum atomic E-state index is 11.7. The number of rotatable bonds is 20. The predicted octanol–water partition coefficient (Wildman–Crippen LogP) is 13.9. The zero-order valence-corrected chi connectivity index (χ0v) is 73.7. The van der Waals surface area contributed by atoms with Gasteiger partial charge in [-0.2, -0.15) is 0 Å². The maximum Gasteiger partial charge on any atom is 0.338 e. The maximum absolute atomic E-state index is 11.7. The molecular weight excluding hydrogens is 1860 g/mol. The molecule has 0 spiro atoms. The molecule has 7 N–H and O–H groups in total. The Bertz CT molecular complexity index is 4980. The molecule has 656 valence electrons. The Balaban J connectivity index is 0.000000152. The number of esters is 5. The van der Waals surface area contributed by atoms with E-state index >= 15 is 0 Å². The number of ether oxygens (including phenoxy) is 15. The van der Waals surface area contributed by atoms with E-state index in [1.165, 1.54) is 88.9 Å². The van der Waals surface area contributed by atoms with Gasteiger partial charge in [-0.05, 0) is 121 Å². The van der Waals surface area contributed by atoms with Crippen molar-refractivity contribution < 1.29 is 120 Å². The highest BCUT2D eigenvalue weighted by Gasteiger charge is 2.41. The Kier molecular flexibility index (Phi) is 35.6. The lowest BCUT2D eigenvalue weighted by Gasteiger charge is -2.23. The van der Waals surface area contributed by atoms with Crippen LogP contribution in [-0.2, 0) is 58.7 Å². The number of aromatic nitrogens is 3. The molecule has 122 heavy (non-hydrogen) atoms. The molecule has 9 aromatic rings. The summed E-state index contributed by atoms with van der Waals surface area (Å²) in [6.07, 6.45) is 8.51. The van der Waals surface area contributed by atoms with Crippen LogP contribution in [0.2, 0.25) is 10.0 Å². The Morgan fingerprint density at radius 3 is 1.46 bits per heavy atom. The minimum absolute atomic E-state index is 0. The largest absolute Gasteiger partial charge is 0.502 e. The van der Waals surface area contributed by atoms with Crippen LogP contribution in [0.25, 0.3) is 31.7 Å². The molecule has 9 heterocycles. The smallest absolute Gasteiger partial charge is 0.338 e. The Labute approximate surface area is 742 Å². The highest BCUT2D eigenvalue weighted by Crippen LogP contribution is 2.47. The molecule has 17 rings (SSSR count). The van der Waals surface area contributed by atoms with Gasteiger partial charge < -0.3 is 103 Å². The molecule has 2 aliphatic carbocycles. The van der Waals surface area contributed by atoms with E-state index in [-0.39, 0.29) is 83.0 Å². The molecule has 6 saturated heterocycles. The van der Waals surface area contributed by atoms with Crippen molar-refractivity contribution >= 4 is 158 Å². The summed E-state index contributed by atoms with van der Waals surface area (Å²) < 4.78 is 86.3. The lowest BCUT2D eigenvalue weighted by molar-refractivity contribution is -0.386. The number of nitrogens with two attached hydrogens (primary N) is 2. The van der Waals surface area contributed by atoms with E-state index in [9.17, 15) is 44.2 Å². The number of carbonyl (C=O) groups is 5. The van der Waals surface area contributed by atoms with Crippen molar-refractivity contribution in [3.63, 3.8) is 0 Å². The zero-order chi connectivity index (χ0) is 86.4. The number of nitrogen functional groups attached to an aromatic ring is 2. The number of aliphatic hydroxyl groups is 1. The zero-order valence-electron chi connectivity index (χ0n) is 66.6. The highest BCUT2D eigenvalue weighted by atomic mass is 127. The number of methoxy groups -OCH3 is 5. The molecule has 2 saturated carbocycles. The van der Waals surface area contributed by atoms with Crippen LogP contribution in [-0.4, -0.2) is 216 Å². The van der Waals surface area contributed by atoms with Gasteiger partial charge in [0.15, 0.2) is 20.5 Å². The van der Waals surface area contributed by atoms with Gasteiger partial charge in [0.25, 0.3) is 0 Å². The lowest BCUT2D eigenvalue weighted by Crippen LogP contribution is -2.34. The summed E-state index contributed by atoms with van der Waals surface area (Å²) in [7, 11) is 6.47. The first-order chi connectivity index (χ1) is 58.3. The van der Waals surface area contributed by atoms with Crippen LogP contribution in [0.1, 0.15) is 127 Å². The molecule has 0 unspecified atom stereocenters. The van der Waals surface area contributed by atoms with E-state index in [0.717, 1.165) is 112 Å². The van der Waals surface area contributed by atoms with E-state index in [0.29, 0.717) is 157 Å². The number of thiazole rings is 2. The van der Waals surface area contributed by atoms with Crippen LogP contribution in [0.15, 0.2) is 106 Å². The molecule has 0 amide bonds. The van der Waals surface area contributed by atoms with E-state index < -0.39 is 45.2 Å². The Morgan fingerprint density at radius 2 is 1.02 bits per heavy atom. The fourth-order valence-electron chi connectivity index (χ4n) is 13.3. The number of piperidine rings is 1. The summed E-state index contributed by atoms with van der Waals surface area (Å²) in [5.74, 6) is 0.763. The van der Waals surface area contributed by atoms with Crippen LogP contribution in [0.4, 0.5) is 22.2 Å². The summed E-state index contributed by atoms with van der Waals surface area (Å²) in [5, 5.41) is 48.5. The van der Waals surface area contributed by atoms with E-state index in [4.69, 9.17) is 106 Å². The number of hydrogen-bond donors (Lipinski definition) is 5. The molecule has 3 aromatic heterocycles. The van der Waals surface area contributed by atoms with Crippen molar-refractivity contribution in [2.75, 3.05) is 120 Å². The molecule has 2 bridgehead atoms. The second kappa shape index (κ2) is 45.8. The standard InChI is InChI=1S/C19H20Cl2N2O2.C13H12BrNO4S.C13H14N2O4S.C12H13NO6.C12H15NO4.C8H7NO5.C4H8O2.HI/c20-14-2-1-3-15(21)17(14)18-13(19(25-23-18)10-4-5-10)9-24-16-7-12-6-11(16)8-22-12;2*1-17-12(16)7-4-9(19-8-2-3-18-6-8)11-10(5-7)20-13(14)15-11;1-17-12(14)8-2-3-10(13(15)16)11(6-8)19-9-4-5-18-7-9;1-15-12(14)8-2-3-10(13)11(6-8)17-9-4-5-16-7-9;1-14-8(11)5-2-3-6(9(12)13)7(10)4-5;5-4-1-2-6-3-4;/h1-3,10-12,16,22H,4-9H2;4-5,8H,2-3,6H2,1H3;4-5,8H,2-3,6H2,1H3,(H2,14,15);2-3,6,9H,4-5,7H2,1H3;2-3,6,9H,4-5,7,13H2,1H3;2-4,10H,1H3;4-5H,1-3H2;1H/t11-,12-,16+;2*8-;2*9-;;4-;/m00000.1./s1. The average molecular weight is 1950 g/mol. The van der Waals surface area contributed by atoms with Crippen LogP contribution in [0, 0.1) is 26.1 Å². The van der Waals surface area contributed by atoms with Gasteiger partial charge in [0.2, 0.25) is 0 Å². The lowest BCUT2D eigenvalue weighted by atomic mass is 10.0. The third-order valence-electron chi connectivity index (χ3n) is 19.7. The Hall–Kier alpha value is -9.47. The number of halogens is 4. The van der Waals surface area contributed by atoms with Gasteiger partial charge in [0.1, 0.15) is 64.2 Å².